The lowest BCUT2D eigenvalue weighted by atomic mass is 9.77. The Hall–Kier alpha value is -1.21. The normalized spacial score (nSPS) is 23.3. The molecule has 1 N–H and O–H groups in total. The van der Waals surface area contributed by atoms with E-state index in [-0.39, 0.29) is 11.7 Å². The number of hydrogen-bond acceptors (Lipinski definition) is 4. The summed E-state index contributed by atoms with van der Waals surface area (Å²) in [4.78, 5) is 12.2. The van der Waals surface area contributed by atoms with Gasteiger partial charge >= 0.3 is 0 Å². The van der Waals surface area contributed by atoms with Gasteiger partial charge in [-0.3, -0.25) is 4.79 Å². The van der Waals surface area contributed by atoms with Crippen LogP contribution >= 0.6 is 11.8 Å². The summed E-state index contributed by atoms with van der Waals surface area (Å²) in [5.74, 6) is 0.696. The molecular formula is C15H20N2OS. The van der Waals surface area contributed by atoms with Gasteiger partial charge in [-0.05, 0) is 31.4 Å². The second-order valence-corrected chi connectivity index (χ2v) is 6.35. The van der Waals surface area contributed by atoms with Crippen LogP contribution in [-0.2, 0) is 4.79 Å². The average Bonchev–Trinajstić information content (AvgIpc) is 2.37. The molecule has 3 nitrogen and oxygen atoms in total. The Bertz CT molecular complexity index is 497. The zero-order valence-corrected chi connectivity index (χ0v) is 12.6. The van der Waals surface area contributed by atoms with Gasteiger partial charge in [-0.25, -0.2) is 0 Å². The SMILES string of the molecule is CSC1=C(C#N)[C@H](CC(C)C)C2=C(CCCC2=O)N1. The quantitative estimate of drug-likeness (QED) is 0.858. The smallest absolute Gasteiger partial charge is 0.161 e. The lowest BCUT2D eigenvalue weighted by molar-refractivity contribution is -0.116. The molecule has 1 heterocycles. The van der Waals surface area contributed by atoms with Crippen molar-refractivity contribution in [1.82, 2.24) is 5.32 Å². The van der Waals surface area contributed by atoms with Gasteiger partial charge in [0, 0.05) is 23.6 Å². The van der Waals surface area contributed by atoms with Crippen molar-refractivity contribution in [3.05, 3.63) is 21.9 Å². The molecule has 2 rings (SSSR count). The minimum atomic E-state index is -0.00324. The van der Waals surface area contributed by atoms with E-state index in [2.05, 4.69) is 25.2 Å². The molecule has 0 aromatic carbocycles. The topological polar surface area (TPSA) is 52.9 Å². The first-order valence-electron chi connectivity index (χ1n) is 6.80. The molecule has 1 atom stereocenters. The number of rotatable bonds is 3. The summed E-state index contributed by atoms with van der Waals surface area (Å²) in [6, 6.07) is 2.32. The Morgan fingerprint density at radius 2 is 2.21 bits per heavy atom. The summed E-state index contributed by atoms with van der Waals surface area (Å²) in [6.45, 7) is 4.28. The molecule has 0 unspecified atom stereocenters. The largest absolute Gasteiger partial charge is 0.352 e. The number of hydrogen-bond donors (Lipinski definition) is 1. The molecule has 0 aromatic heterocycles. The molecule has 0 aromatic rings. The molecule has 2 aliphatic rings. The predicted molar refractivity (Wildman–Crippen MR) is 78.1 cm³/mol. The number of nitrogens with one attached hydrogen (secondary N) is 1. The molecule has 1 aliphatic heterocycles. The number of allylic oxidation sites excluding steroid dienone is 3. The van der Waals surface area contributed by atoms with Gasteiger partial charge in [-0.1, -0.05) is 13.8 Å². The number of carbonyl (C=O) groups excluding carboxylic acids is 1. The van der Waals surface area contributed by atoms with Gasteiger partial charge in [0.15, 0.2) is 5.78 Å². The van der Waals surface area contributed by atoms with Crippen LogP contribution in [0.3, 0.4) is 0 Å². The van der Waals surface area contributed by atoms with Crippen molar-refractivity contribution in [2.24, 2.45) is 11.8 Å². The lowest BCUT2D eigenvalue weighted by Crippen LogP contribution is -2.32. The second kappa shape index (κ2) is 5.83. The molecule has 102 valence electrons. The third kappa shape index (κ3) is 2.71. The standard InChI is InChI=1S/C15H20N2OS/c1-9(2)7-10-11(8-16)15(19-3)17-12-5-4-6-13(18)14(10)12/h9-10,17H,4-7H2,1-3H3/t10-/m0/s1. The van der Waals surface area contributed by atoms with Crippen LogP contribution in [-0.4, -0.2) is 12.0 Å². The highest BCUT2D eigenvalue weighted by atomic mass is 32.2. The van der Waals surface area contributed by atoms with E-state index in [4.69, 9.17) is 0 Å². The van der Waals surface area contributed by atoms with Gasteiger partial charge < -0.3 is 5.32 Å². The van der Waals surface area contributed by atoms with Crippen LogP contribution in [0.4, 0.5) is 0 Å². The number of dihydropyridines is 1. The zero-order valence-electron chi connectivity index (χ0n) is 11.7. The van der Waals surface area contributed by atoms with Crippen molar-refractivity contribution in [1.29, 1.82) is 5.26 Å². The molecule has 1 aliphatic carbocycles. The van der Waals surface area contributed by atoms with Gasteiger partial charge in [-0.15, -0.1) is 11.8 Å². The number of nitrogens with zero attached hydrogens (tertiary/aromatic N) is 1. The van der Waals surface area contributed by atoms with E-state index >= 15 is 0 Å². The molecule has 0 radical (unpaired) electrons. The first kappa shape index (κ1) is 14.2. The summed E-state index contributed by atoms with van der Waals surface area (Å²) in [6.07, 6.45) is 5.32. The molecule has 0 spiro atoms. The number of thioether (sulfide) groups is 1. The highest BCUT2D eigenvalue weighted by molar-refractivity contribution is 8.02. The second-order valence-electron chi connectivity index (χ2n) is 5.53. The fraction of sp³-hybridized carbons (Fsp3) is 0.600. The minimum Gasteiger partial charge on any atom is -0.352 e. The van der Waals surface area contributed by atoms with Gasteiger partial charge in [0.25, 0.3) is 0 Å². The molecule has 4 heteroatoms. The number of nitriles is 1. The Balaban J connectivity index is 2.46. The van der Waals surface area contributed by atoms with Gasteiger partial charge in [-0.2, -0.15) is 5.26 Å². The van der Waals surface area contributed by atoms with Crippen LogP contribution in [0.15, 0.2) is 21.9 Å². The van der Waals surface area contributed by atoms with Crippen LogP contribution in [0.25, 0.3) is 0 Å². The van der Waals surface area contributed by atoms with E-state index < -0.39 is 0 Å². The monoisotopic (exact) mass is 276 g/mol. The van der Waals surface area contributed by atoms with Gasteiger partial charge in [0.05, 0.1) is 16.7 Å². The number of Topliss-reactive ketones (excluding diaryl/α,β-unsaturated/α-hetero) is 1. The fourth-order valence-electron chi connectivity index (χ4n) is 2.90. The van der Waals surface area contributed by atoms with E-state index in [1.807, 2.05) is 6.26 Å². The molecular weight excluding hydrogens is 256 g/mol. The predicted octanol–water partition coefficient (Wildman–Crippen LogP) is 3.36. The van der Waals surface area contributed by atoms with E-state index in [0.717, 1.165) is 41.1 Å². The maximum Gasteiger partial charge on any atom is 0.161 e. The first-order chi connectivity index (χ1) is 9.08. The summed E-state index contributed by atoms with van der Waals surface area (Å²) < 4.78 is 0. The molecule has 19 heavy (non-hydrogen) atoms. The van der Waals surface area contributed by atoms with Crippen molar-refractivity contribution >= 4 is 17.5 Å². The van der Waals surface area contributed by atoms with Crippen LogP contribution < -0.4 is 5.32 Å². The maximum absolute atomic E-state index is 12.2. The molecule has 0 fully saturated rings. The van der Waals surface area contributed by atoms with Gasteiger partial charge in [0.1, 0.15) is 0 Å². The van der Waals surface area contributed by atoms with Crippen molar-refractivity contribution in [2.45, 2.75) is 39.5 Å². The average molecular weight is 276 g/mol. The van der Waals surface area contributed by atoms with E-state index in [9.17, 15) is 10.1 Å². The number of carbonyl (C=O) groups is 1. The maximum atomic E-state index is 12.2. The Morgan fingerprint density at radius 1 is 1.47 bits per heavy atom. The van der Waals surface area contributed by atoms with Crippen molar-refractivity contribution in [3.63, 3.8) is 0 Å². The van der Waals surface area contributed by atoms with E-state index in [1.54, 1.807) is 11.8 Å². The van der Waals surface area contributed by atoms with E-state index in [1.165, 1.54) is 0 Å². The highest BCUT2D eigenvalue weighted by Crippen LogP contribution is 2.40. The fourth-order valence-corrected chi connectivity index (χ4v) is 3.53. The Labute approximate surface area is 119 Å². The zero-order chi connectivity index (χ0) is 14.0. The summed E-state index contributed by atoms with van der Waals surface area (Å²) in [7, 11) is 0. The first-order valence-corrected chi connectivity index (χ1v) is 8.02. The molecule has 0 bridgehead atoms. The van der Waals surface area contributed by atoms with Crippen LogP contribution in [0.2, 0.25) is 0 Å². The summed E-state index contributed by atoms with van der Waals surface area (Å²) in [5, 5.41) is 13.7. The third-order valence-electron chi connectivity index (χ3n) is 3.69. The third-order valence-corrected chi connectivity index (χ3v) is 4.42. The molecule has 0 saturated heterocycles. The molecule has 0 saturated carbocycles. The highest BCUT2D eigenvalue weighted by Gasteiger charge is 2.35. The Kier molecular flexibility index (Phi) is 4.36. The van der Waals surface area contributed by atoms with Crippen LogP contribution in [0.5, 0.6) is 0 Å². The van der Waals surface area contributed by atoms with E-state index in [0.29, 0.717) is 12.3 Å². The van der Waals surface area contributed by atoms with Crippen LogP contribution in [0, 0.1) is 23.2 Å². The van der Waals surface area contributed by atoms with Crippen LogP contribution in [0.1, 0.15) is 39.5 Å². The van der Waals surface area contributed by atoms with Gasteiger partial charge in [0.2, 0.25) is 0 Å². The minimum absolute atomic E-state index is 0.00324. The van der Waals surface area contributed by atoms with Crippen molar-refractivity contribution in [2.75, 3.05) is 6.26 Å². The summed E-state index contributed by atoms with van der Waals surface area (Å²) >= 11 is 1.57. The lowest BCUT2D eigenvalue weighted by Gasteiger charge is -2.33. The van der Waals surface area contributed by atoms with Crippen molar-refractivity contribution < 1.29 is 4.79 Å². The molecule has 0 amide bonds. The summed E-state index contributed by atoms with van der Waals surface area (Å²) in [5.41, 5.74) is 2.69. The Morgan fingerprint density at radius 3 is 2.79 bits per heavy atom. The number of ketones is 1. The van der Waals surface area contributed by atoms with Crippen molar-refractivity contribution in [3.8, 4) is 6.07 Å².